The lowest BCUT2D eigenvalue weighted by Gasteiger charge is -2.34. The van der Waals surface area contributed by atoms with Crippen LogP contribution in [0.25, 0.3) is 16.7 Å². The molecule has 0 atom stereocenters. The van der Waals surface area contributed by atoms with Crippen LogP contribution < -0.4 is 16.2 Å². The Kier molecular flexibility index (Phi) is 5.11. The van der Waals surface area contributed by atoms with Crippen LogP contribution in [0.3, 0.4) is 0 Å². The third kappa shape index (κ3) is 3.49. The van der Waals surface area contributed by atoms with Crippen molar-refractivity contribution in [3.63, 3.8) is 0 Å². The van der Waals surface area contributed by atoms with Gasteiger partial charge in [-0.05, 0) is 74.5 Å². The maximum atomic E-state index is 13.2. The van der Waals surface area contributed by atoms with Gasteiger partial charge in [0.15, 0.2) is 5.65 Å². The predicted molar refractivity (Wildman–Crippen MR) is 133 cm³/mol. The van der Waals surface area contributed by atoms with Crippen LogP contribution in [-0.4, -0.2) is 30.9 Å². The molecule has 1 aliphatic heterocycles. The van der Waals surface area contributed by atoms with Crippen molar-refractivity contribution in [3.8, 4) is 11.8 Å². The molecule has 9 nitrogen and oxygen atoms in total. The van der Waals surface area contributed by atoms with Crippen molar-refractivity contribution < 1.29 is 0 Å². The number of rotatable bonds is 5. The van der Waals surface area contributed by atoms with Crippen molar-refractivity contribution in [3.05, 3.63) is 69.9 Å². The monoisotopic (exact) mass is 466 g/mol. The molecule has 2 aliphatic rings. The fraction of sp³-hybridized carbons (Fsp3) is 0.346. The van der Waals surface area contributed by atoms with Gasteiger partial charge in [0.2, 0.25) is 5.95 Å². The third-order valence-corrected chi connectivity index (χ3v) is 7.22. The molecule has 1 saturated carbocycles. The molecule has 1 fully saturated rings. The van der Waals surface area contributed by atoms with Crippen LogP contribution in [0.5, 0.6) is 0 Å². The number of nitrogens with zero attached hydrogens (tertiary/aromatic N) is 6. The summed E-state index contributed by atoms with van der Waals surface area (Å²) in [6.45, 7) is 4.24. The number of hydrogen-bond acceptors (Lipinski definition) is 7. The standard InChI is InChI=1S/C26H26N8O/c1-2-33-24(35)21-15-30-25(31-19-5-4-17-6-10-28-14-18(17)12-19)32-23(21)34(33)20-7-11-29-22(13-20)26(16-27)8-3-9-26/h4-5,7,11-13,15,28H,2-3,6,8-10,14H2,1H3,(H,30,31,32). The molecular weight excluding hydrogens is 440 g/mol. The number of anilines is 2. The summed E-state index contributed by atoms with van der Waals surface area (Å²) in [7, 11) is 0. The highest BCUT2D eigenvalue weighted by Crippen LogP contribution is 2.42. The van der Waals surface area contributed by atoms with E-state index in [1.165, 1.54) is 11.1 Å². The van der Waals surface area contributed by atoms with Gasteiger partial charge in [-0.25, -0.2) is 14.3 Å². The van der Waals surface area contributed by atoms with Gasteiger partial charge in [-0.3, -0.25) is 9.78 Å². The Balaban J connectivity index is 1.44. The number of nitriles is 1. The number of pyridine rings is 1. The van der Waals surface area contributed by atoms with E-state index in [0.717, 1.165) is 55.8 Å². The molecule has 6 rings (SSSR count). The Hall–Kier alpha value is -4.03. The van der Waals surface area contributed by atoms with Crippen LogP contribution in [-0.2, 0) is 24.9 Å². The lowest BCUT2D eigenvalue weighted by Crippen LogP contribution is -2.33. The van der Waals surface area contributed by atoms with Crippen molar-refractivity contribution >= 4 is 22.7 Å². The minimum Gasteiger partial charge on any atom is -0.324 e. The fourth-order valence-electron chi connectivity index (χ4n) is 5.09. The lowest BCUT2D eigenvalue weighted by atomic mass is 9.67. The summed E-state index contributed by atoms with van der Waals surface area (Å²) in [5.74, 6) is 0.421. The normalized spacial score (nSPS) is 16.3. The van der Waals surface area contributed by atoms with E-state index < -0.39 is 5.41 Å². The van der Waals surface area contributed by atoms with E-state index in [1.54, 1.807) is 17.1 Å². The Morgan fingerprint density at radius 3 is 2.86 bits per heavy atom. The number of nitrogens with one attached hydrogen (secondary N) is 2. The predicted octanol–water partition coefficient (Wildman–Crippen LogP) is 3.33. The van der Waals surface area contributed by atoms with Crippen molar-refractivity contribution in [2.24, 2.45) is 0 Å². The van der Waals surface area contributed by atoms with E-state index in [2.05, 4.69) is 38.8 Å². The molecule has 3 aromatic heterocycles. The number of aromatic nitrogens is 5. The molecule has 4 heterocycles. The van der Waals surface area contributed by atoms with Gasteiger partial charge in [-0.2, -0.15) is 10.2 Å². The minimum absolute atomic E-state index is 0.147. The summed E-state index contributed by atoms with van der Waals surface area (Å²) >= 11 is 0. The molecule has 1 aliphatic carbocycles. The first kappa shape index (κ1) is 21.5. The maximum absolute atomic E-state index is 13.2. The Morgan fingerprint density at radius 1 is 1.20 bits per heavy atom. The Labute approximate surface area is 202 Å². The molecule has 0 bridgehead atoms. The van der Waals surface area contributed by atoms with Crippen molar-refractivity contribution in [1.82, 2.24) is 29.6 Å². The van der Waals surface area contributed by atoms with E-state index in [0.29, 0.717) is 23.5 Å². The molecule has 1 aromatic carbocycles. The van der Waals surface area contributed by atoms with Crippen molar-refractivity contribution in [1.29, 1.82) is 5.26 Å². The van der Waals surface area contributed by atoms with Crippen LogP contribution in [0.15, 0.2) is 47.5 Å². The van der Waals surface area contributed by atoms with Gasteiger partial charge >= 0.3 is 0 Å². The van der Waals surface area contributed by atoms with Gasteiger partial charge in [-0.15, -0.1) is 0 Å². The molecule has 9 heteroatoms. The van der Waals surface area contributed by atoms with Gasteiger partial charge in [0, 0.05) is 31.2 Å². The summed E-state index contributed by atoms with van der Waals surface area (Å²) in [6.07, 6.45) is 6.95. The summed E-state index contributed by atoms with van der Waals surface area (Å²) in [6, 6.07) is 12.5. The van der Waals surface area contributed by atoms with E-state index in [1.807, 2.05) is 29.8 Å². The number of fused-ring (bicyclic) bond motifs is 2. The van der Waals surface area contributed by atoms with Gasteiger partial charge in [0.05, 0.1) is 22.9 Å². The van der Waals surface area contributed by atoms with Crippen LogP contribution in [0.4, 0.5) is 11.6 Å². The summed E-state index contributed by atoms with van der Waals surface area (Å²) in [5.41, 5.74) is 4.86. The van der Waals surface area contributed by atoms with E-state index in [9.17, 15) is 10.1 Å². The molecule has 0 unspecified atom stereocenters. The Bertz CT molecular complexity index is 1540. The molecule has 0 radical (unpaired) electrons. The van der Waals surface area contributed by atoms with Crippen LogP contribution in [0.1, 0.15) is 43.0 Å². The molecule has 4 aromatic rings. The summed E-state index contributed by atoms with van der Waals surface area (Å²) in [5, 5.41) is 16.9. The smallest absolute Gasteiger partial charge is 0.278 e. The third-order valence-electron chi connectivity index (χ3n) is 7.22. The van der Waals surface area contributed by atoms with Crippen molar-refractivity contribution in [2.75, 3.05) is 11.9 Å². The second-order valence-corrected chi connectivity index (χ2v) is 9.25. The second kappa shape index (κ2) is 8.32. The van der Waals surface area contributed by atoms with Crippen LogP contribution in [0.2, 0.25) is 0 Å². The SMILES string of the molecule is CCn1c(=O)c2cnc(Nc3ccc4c(c3)CNCC4)nc2n1-c1ccnc(C2(C#N)CCC2)c1. The van der Waals surface area contributed by atoms with Gasteiger partial charge in [0.1, 0.15) is 5.39 Å². The summed E-state index contributed by atoms with van der Waals surface area (Å²) in [4.78, 5) is 26.8. The summed E-state index contributed by atoms with van der Waals surface area (Å²) < 4.78 is 3.46. The highest BCUT2D eigenvalue weighted by atomic mass is 16.1. The number of benzene rings is 1. The van der Waals surface area contributed by atoms with E-state index >= 15 is 0 Å². The first-order valence-corrected chi connectivity index (χ1v) is 12.1. The van der Waals surface area contributed by atoms with Crippen molar-refractivity contribution in [2.45, 2.75) is 51.1 Å². The Morgan fingerprint density at radius 2 is 2.09 bits per heavy atom. The topological polar surface area (TPSA) is 113 Å². The molecule has 176 valence electrons. The van der Waals surface area contributed by atoms with Crippen LogP contribution >= 0.6 is 0 Å². The molecule has 0 spiro atoms. The lowest BCUT2D eigenvalue weighted by molar-refractivity contribution is 0.316. The molecule has 0 saturated heterocycles. The minimum atomic E-state index is -0.542. The fourth-order valence-corrected chi connectivity index (χ4v) is 5.09. The highest BCUT2D eigenvalue weighted by molar-refractivity contribution is 5.77. The van der Waals surface area contributed by atoms with E-state index in [-0.39, 0.29) is 5.56 Å². The largest absolute Gasteiger partial charge is 0.324 e. The quantitative estimate of drug-likeness (QED) is 0.464. The molecule has 35 heavy (non-hydrogen) atoms. The maximum Gasteiger partial charge on any atom is 0.278 e. The zero-order chi connectivity index (χ0) is 24.0. The van der Waals surface area contributed by atoms with Gasteiger partial charge in [0.25, 0.3) is 5.56 Å². The molecule has 0 amide bonds. The first-order chi connectivity index (χ1) is 17.1. The van der Waals surface area contributed by atoms with E-state index in [4.69, 9.17) is 4.98 Å². The highest BCUT2D eigenvalue weighted by Gasteiger charge is 2.40. The van der Waals surface area contributed by atoms with Crippen LogP contribution in [0, 0.1) is 11.3 Å². The number of hydrogen-bond donors (Lipinski definition) is 2. The van der Waals surface area contributed by atoms with Gasteiger partial charge in [-0.1, -0.05) is 6.07 Å². The average Bonchev–Trinajstić information content (AvgIpc) is 3.14. The molecular formula is C26H26N8O. The average molecular weight is 467 g/mol. The first-order valence-electron chi connectivity index (χ1n) is 12.1. The zero-order valence-electron chi connectivity index (χ0n) is 19.6. The molecule has 2 N–H and O–H groups in total. The zero-order valence-corrected chi connectivity index (χ0v) is 19.6. The second-order valence-electron chi connectivity index (χ2n) is 9.25. The van der Waals surface area contributed by atoms with Gasteiger partial charge < -0.3 is 10.6 Å².